The van der Waals surface area contributed by atoms with Crippen LogP contribution in [0.4, 0.5) is 0 Å². The van der Waals surface area contributed by atoms with E-state index in [-0.39, 0.29) is 0 Å². The predicted molar refractivity (Wildman–Crippen MR) is 84.4 cm³/mol. The molecule has 0 aliphatic carbocycles. The minimum absolute atomic E-state index is 0.346. The first kappa shape index (κ1) is 15.0. The topological polar surface area (TPSA) is 44.5 Å². The lowest BCUT2D eigenvalue weighted by Crippen LogP contribution is -2.05. The summed E-state index contributed by atoms with van der Waals surface area (Å²) in [6.07, 6.45) is 0.813. The zero-order valence-electron chi connectivity index (χ0n) is 11.9. The van der Waals surface area contributed by atoms with Crippen molar-refractivity contribution >= 4 is 0 Å². The molecule has 2 aromatic rings. The van der Waals surface area contributed by atoms with Gasteiger partial charge in [0.2, 0.25) is 0 Å². The predicted octanol–water partition coefficient (Wildman–Crippen LogP) is 2.84. The molecule has 0 atom stereocenters. The van der Waals surface area contributed by atoms with Gasteiger partial charge in [-0.1, -0.05) is 42.2 Å². The third-order valence-corrected chi connectivity index (χ3v) is 2.77. The zero-order valence-corrected chi connectivity index (χ0v) is 11.9. The van der Waals surface area contributed by atoms with Crippen molar-refractivity contribution in [1.29, 1.82) is 0 Å². The summed E-state index contributed by atoms with van der Waals surface area (Å²) in [4.78, 5) is 0. The highest BCUT2D eigenvalue weighted by molar-refractivity contribution is 5.45. The number of para-hydroxylation sites is 2. The molecule has 0 unspecified atom stereocenters. The van der Waals surface area contributed by atoms with Crippen molar-refractivity contribution in [2.45, 2.75) is 6.42 Å². The van der Waals surface area contributed by atoms with E-state index in [9.17, 15) is 0 Å². The van der Waals surface area contributed by atoms with E-state index in [2.05, 4.69) is 11.8 Å². The molecule has 108 valence electrons. The van der Waals surface area contributed by atoms with Crippen LogP contribution in [0.5, 0.6) is 11.5 Å². The quantitative estimate of drug-likeness (QED) is 0.654. The van der Waals surface area contributed by atoms with E-state index < -0.39 is 0 Å². The fourth-order valence-electron chi connectivity index (χ4n) is 1.79. The molecule has 0 spiro atoms. The lowest BCUT2D eigenvalue weighted by atomic mass is 10.2. The van der Waals surface area contributed by atoms with Gasteiger partial charge in [0.1, 0.15) is 11.5 Å². The van der Waals surface area contributed by atoms with Crippen LogP contribution in [-0.4, -0.2) is 19.8 Å². The Morgan fingerprint density at radius 2 is 1.57 bits per heavy atom. The van der Waals surface area contributed by atoms with Crippen LogP contribution in [0.25, 0.3) is 0 Å². The number of ether oxygens (including phenoxy) is 2. The summed E-state index contributed by atoms with van der Waals surface area (Å²) in [6.45, 7) is 1.56. The zero-order chi connectivity index (χ0) is 14.8. The number of nitrogens with two attached hydrogens (primary N) is 1. The Kier molecular flexibility index (Phi) is 6.18. The summed E-state index contributed by atoms with van der Waals surface area (Å²) < 4.78 is 11.4. The van der Waals surface area contributed by atoms with Gasteiger partial charge >= 0.3 is 0 Å². The summed E-state index contributed by atoms with van der Waals surface area (Å²) >= 11 is 0. The van der Waals surface area contributed by atoms with E-state index in [1.165, 1.54) is 0 Å². The van der Waals surface area contributed by atoms with Crippen molar-refractivity contribution in [3.63, 3.8) is 0 Å². The highest BCUT2D eigenvalue weighted by Gasteiger charge is 2.00. The van der Waals surface area contributed by atoms with Gasteiger partial charge in [0.15, 0.2) is 0 Å². The van der Waals surface area contributed by atoms with Crippen LogP contribution in [-0.2, 0) is 0 Å². The van der Waals surface area contributed by atoms with E-state index in [0.29, 0.717) is 19.8 Å². The first-order chi connectivity index (χ1) is 10.4. The molecule has 0 amide bonds. The Morgan fingerprint density at radius 1 is 0.857 bits per heavy atom. The minimum Gasteiger partial charge on any atom is -0.493 e. The summed E-state index contributed by atoms with van der Waals surface area (Å²) in [5, 5.41) is 0. The molecule has 2 N–H and O–H groups in total. The van der Waals surface area contributed by atoms with Crippen molar-refractivity contribution in [3.05, 3.63) is 60.2 Å². The largest absolute Gasteiger partial charge is 0.493 e. The number of rotatable bonds is 6. The Hall–Kier alpha value is -2.44. The molecule has 0 aromatic heterocycles. The molecule has 3 heteroatoms. The number of benzene rings is 2. The monoisotopic (exact) mass is 281 g/mol. The molecule has 21 heavy (non-hydrogen) atoms. The summed E-state index contributed by atoms with van der Waals surface area (Å²) in [6, 6.07) is 17.5. The molecular formula is C18H19NO2. The van der Waals surface area contributed by atoms with Crippen molar-refractivity contribution in [2.75, 3.05) is 19.8 Å². The van der Waals surface area contributed by atoms with Gasteiger partial charge in [-0.3, -0.25) is 0 Å². The minimum atomic E-state index is 0.346. The average Bonchev–Trinajstić information content (AvgIpc) is 2.54. The smallest absolute Gasteiger partial charge is 0.134 e. The maximum Gasteiger partial charge on any atom is 0.134 e. The normalized spacial score (nSPS) is 9.57. The van der Waals surface area contributed by atoms with Crippen molar-refractivity contribution in [2.24, 2.45) is 5.73 Å². The second-order valence-corrected chi connectivity index (χ2v) is 4.37. The third kappa shape index (κ3) is 5.21. The molecule has 0 aliphatic heterocycles. The van der Waals surface area contributed by atoms with Gasteiger partial charge in [-0.2, -0.15) is 0 Å². The van der Waals surface area contributed by atoms with E-state index in [1.807, 2.05) is 54.6 Å². The molecule has 2 aromatic carbocycles. The lowest BCUT2D eigenvalue weighted by molar-refractivity contribution is 0.247. The SMILES string of the molecule is NCC#Cc1ccccc1OCCCOc1ccccc1. The Labute approximate surface area is 125 Å². The van der Waals surface area contributed by atoms with Crippen LogP contribution in [0, 0.1) is 11.8 Å². The van der Waals surface area contributed by atoms with Crippen LogP contribution in [0.3, 0.4) is 0 Å². The van der Waals surface area contributed by atoms with Crippen LogP contribution >= 0.6 is 0 Å². The average molecular weight is 281 g/mol. The highest BCUT2D eigenvalue weighted by atomic mass is 16.5. The molecule has 0 bridgehead atoms. The van der Waals surface area contributed by atoms with Crippen LogP contribution in [0.1, 0.15) is 12.0 Å². The second-order valence-electron chi connectivity index (χ2n) is 4.37. The maximum atomic E-state index is 5.75. The van der Waals surface area contributed by atoms with Crippen molar-refractivity contribution < 1.29 is 9.47 Å². The molecule has 0 saturated carbocycles. The fraction of sp³-hybridized carbons (Fsp3) is 0.222. The molecule has 0 radical (unpaired) electrons. The van der Waals surface area contributed by atoms with Gasteiger partial charge < -0.3 is 15.2 Å². The van der Waals surface area contributed by atoms with E-state index >= 15 is 0 Å². The summed E-state index contributed by atoms with van der Waals surface area (Å²) in [5.41, 5.74) is 6.26. The third-order valence-electron chi connectivity index (χ3n) is 2.77. The molecular weight excluding hydrogens is 262 g/mol. The molecule has 0 saturated heterocycles. The summed E-state index contributed by atoms with van der Waals surface area (Å²) in [5.74, 6) is 7.52. The van der Waals surface area contributed by atoms with Gasteiger partial charge in [-0.05, 0) is 24.3 Å². The Balaban J connectivity index is 1.76. The Morgan fingerprint density at radius 3 is 2.38 bits per heavy atom. The maximum absolute atomic E-state index is 5.75. The Bertz CT molecular complexity index is 599. The number of hydrogen-bond donors (Lipinski definition) is 1. The van der Waals surface area contributed by atoms with Crippen molar-refractivity contribution in [1.82, 2.24) is 0 Å². The first-order valence-corrected chi connectivity index (χ1v) is 6.99. The van der Waals surface area contributed by atoms with E-state index in [1.54, 1.807) is 0 Å². The van der Waals surface area contributed by atoms with E-state index in [4.69, 9.17) is 15.2 Å². The van der Waals surface area contributed by atoms with Crippen molar-refractivity contribution in [3.8, 4) is 23.3 Å². The standard InChI is InChI=1S/C18H19NO2/c19-13-6-9-16-8-4-5-12-18(16)21-15-7-14-20-17-10-2-1-3-11-17/h1-5,8,10-12H,7,13-15,19H2. The van der Waals surface area contributed by atoms with Crippen LogP contribution < -0.4 is 15.2 Å². The molecule has 3 nitrogen and oxygen atoms in total. The van der Waals surface area contributed by atoms with Gasteiger partial charge in [-0.25, -0.2) is 0 Å². The van der Waals surface area contributed by atoms with Crippen LogP contribution in [0.15, 0.2) is 54.6 Å². The molecule has 0 fully saturated rings. The highest BCUT2D eigenvalue weighted by Crippen LogP contribution is 2.17. The molecule has 2 rings (SSSR count). The van der Waals surface area contributed by atoms with E-state index in [0.717, 1.165) is 23.5 Å². The van der Waals surface area contributed by atoms with Crippen LogP contribution in [0.2, 0.25) is 0 Å². The van der Waals surface area contributed by atoms with Gasteiger partial charge in [0, 0.05) is 6.42 Å². The summed E-state index contributed by atoms with van der Waals surface area (Å²) in [7, 11) is 0. The van der Waals surface area contributed by atoms with Gasteiger partial charge in [0.05, 0.1) is 25.3 Å². The molecule has 0 aliphatic rings. The fourth-order valence-corrected chi connectivity index (χ4v) is 1.79. The first-order valence-electron chi connectivity index (χ1n) is 6.99. The second kappa shape index (κ2) is 8.68. The van der Waals surface area contributed by atoms with Gasteiger partial charge in [-0.15, -0.1) is 0 Å². The number of hydrogen-bond acceptors (Lipinski definition) is 3. The van der Waals surface area contributed by atoms with Gasteiger partial charge in [0.25, 0.3) is 0 Å². The molecule has 0 heterocycles. The lowest BCUT2D eigenvalue weighted by Gasteiger charge is -2.09.